The van der Waals surface area contributed by atoms with Crippen LogP contribution < -0.4 is 4.74 Å². The molecule has 112 valence electrons. The molecular formula is C17H26O3. The van der Waals surface area contributed by atoms with Crippen molar-refractivity contribution in [2.75, 3.05) is 0 Å². The Kier molecular flexibility index (Phi) is 4.85. The molecule has 0 aliphatic heterocycles. The summed E-state index contributed by atoms with van der Waals surface area (Å²) in [6.45, 7) is 11.8. The van der Waals surface area contributed by atoms with E-state index in [4.69, 9.17) is 4.74 Å². The summed E-state index contributed by atoms with van der Waals surface area (Å²) in [5, 5.41) is 9.29. The van der Waals surface area contributed by atoms with Crippen LogP contribution in [-0.4, -0.2) is 17.2 Å². The molecule has 0 radical (unpaired) electrons. The van der Waals surface area contributed by atoms with Crippen LogP contribution in [0.25, 0.3) is 0 Å². The highest BCUT2D eigenvalue weighted by Gasteiger charge is 2.37. The maximum atomic E-state index is 11.3. The van der Waals surface area contributed by atoms with E-state index in [1.54, 1.807) is 13.8 Å². The molecule has 0 amide bonds. The molecule has 0 saturated carbocycles. The van der Waals surface area contributed by atoms with E-state index in [1.165, 1.54) is 5.56 Å². The summed E-state index contributed by atoms with van der Waals surface area (Å²) in [6.07, 6.45) is 0.306. The largest absolute Gasteiger partial charge is 0.489 e. The zero-order chi connectivity index (χ0) is 15.6. The van der Waals surface area contributed by atoms with Crippen LogP contribution in [0.2, 0.25) is 0 Å². The molecule has 0 saturated heterocycles. The van der Waals surface area contributed by atoms with Gasteiger partial charge in [0.15, 0.2) is 0 Å². The molecule has 1 aromatic rings. The molecule has 0 aliphatic rings. The van der Waals surface area contributed by atoms with Gasteiger partial charge in [0.05, 0.1) is 5.41 Å². The van der Waals surface area contributed by atoms with Gasteiger partial charge in [0.2, 0.25) is 0 Å². The number of benzene rings is 1. The minimum absolute atomic E-state index is 0.100. The maximum absolute atomic E-state index is 11.3. The van der Waals surface area contributed by atoms with Gasteiger partial charge >= 0.3 is 5.97 Å². The summed E-state index contributed by atoms with van der Waals surface area (Å²) in [6, 6.07) is 7.91. The summed E-state index contributed by atoms with van der Waals surface area (Å²) in [7, 11) is 0. The summed E-state index contributed by atoms with van der Waals surface area (Å²) in [4.78, 5) is 11.3. The Hall–Kier alpha value is -1.51. The fourth-order valence-corrected chi connectivity index (χ4v) is 2.08. The first-order valence-electron chi connectivity index (χ1n) is 7.09. The molecule has 3 nitrogen and oxygen atoms in total. The smallest absolute Gasteiger partial charge is 0.312 e. The first kappa shape index (κ1) is 16.5. The van der Waals surface area contributed by atoms with Crippen LogP contribution in [-0.2, 0) is 10.2 Å². The van der Waals surface area contributed by atoms with Crippen LogP contribution in [0.15, 0.2) is 24.3 Å². The number of carbonyl (C=O) groups is 1. The average Bonchev–Trinajstić information content (AvgIpc) is 2.35. The minimum Gasteiger partial charge on any atom is -0.489 e. The first-order chi connectivity index (χ1) is 9.09. The van der Waals surface area contributed by atoms with Gasteiger partial charge < -0.3 is 9.84 Å². The van der Waals surface area contributed by atoms with Gasteiger partial charge in [-0.05, 0) is 43.4 Å². The highest BCUT2D eigenvalue weighted by atomic mass is 16.5. The molecule has 1 atom stereocenters. The first-order valence-corrected chi connectivity index (χ1v) is 7.09. The third-order valence-electron chi connectivity index (χ3n) is 3.73. The van der Waals surface area contributed by atoms with Gasteiger partial charge in [-0.3, -0.25) is 4.79 Å². The summed E-state index contributed by atoms with van der Waals surface area (Å²) in [5.41, 5.74) is 0.427. The third-order valence-corrected chi connectivity index (χ3v) is 3.73. The van der Waals surface area contributed by atoms with E-state index in [2.05, 4.69) is 20.8 Å². The van der Waals surface area contributed by atoms with Crippen molar-refractivity contribution in [3.63, 3.8) is 0 Å². The van der Waals surface area contributed by atoms with Gasteiger partial charge in [-0.25, -0.2) is 0 Å². The number of ether oxygens (including phenoxy) is 1. The topological polar surface area (TPSA) is 46.5 Å². The lowest BCUT2D eigenvalue weighted by atomic mass is 9.85. The Morgan fingerprint density at radius 1 is 1.15 bits per heavy atom. The Morgan fingerprint density at radius 2 is 1.65 bits per heavy atom. The van der Waals surface area contributed by atoms with Crippen molar-refractivity contribution in [3.8, 4) is 5.75 Å². The third kappa shape index (κ3) is 3.75. The normalized spacial score (nSPS) is 13.9. The second kappa shape index (κ2) is 5.86. The maximum Gasteiger partial charge on any atom is 0.312 e. The number of carboxylic acid groups (broad SMARTS) is 1. The van der Waals surface area contributed by atoms with Crippen molar-refractivity contribution in [1.29, 1.82) is 0 Å². The van der Waals surface area contributed by atoms with Crippen LogP contribution >= 0.6 is 0 Å². The highest BCUT2D eigenvalue weighted by Crippen LogP contribution is 2.30. The molecule has 0 fully saturated rings. The fourth-order valence-electron chi connectivity index (χ4n) is 2.08. The molecule has 1 aromatic carbocycles. The Bertz CT molecular complexity index is 452. The van der Waals surface area contributed by atoms with Crippen LogP contribution in [0, 0.1) is 5.41 Å². The van der Waals surface area contributed by atoms with Gasteiger partial charge in [0.25, 0.3) is 0 Å². The lowest BCUT2D eigenvalue weighted by Gasteiger charge is -2.30. The lowest BCUT2D eigenvalue weighted by molar-refractivity contribution is -0.152. The summed E-state index contributed by atoms with van der Waals surface area (Å²) < 4.78 is 5.88. The van der Waals surface area contributed by atoms with Gasteiger partial charge in [-0.1, -0.05) is 39.8 Å². The fraction of sp³-hybridized carbons (Fsp3) is 0.588. The van der Waals surface area contributed by atoms with E-state index >= 15 is 0 Å². The van der Waals surface area contributed by atoms with Crippen molar-refractivity contribution < 1.29 is 14.6 Å². The number of hydrogen-bond acceptors (Lipinski definition) is 2. The minimum atomic E-state index is -0.905. The van der Waals surface area contributed by atoms with Crippen molar-refractivity contribution >= 4 is 5.97 Å². The molecule has 0 aliphatic carbocycles. The van der Waals surface area contributed by atoms with Crippen molar-refractivity contribution in [3.05, 3.63) is 29.8 Å². The van der Waals surface area contributed by atoms with Gasteiger partial charge in [-0.15, -0.1) is 0 Å². The predicted molar refractivity (Wildman–Crippen MR) is 81.3 cm³/mol. The molecule has 3 heteroatoms. The Balaban J connectivity index is 2.89. The van der Waals surface area contributed by atoms with Crippen molar-refractivity contribution in [1.82, 2.24) is 0 Å². The molecule has 0 heterocycles. The number of rotatable bonds is 5. The Labute approximate surface area is 122 Å². The number of aliphatic carboxylic acids is 1. The van der Waals surface area contributed by atoms with Gasteiger partial charge in [0, 0.05) is 0 Å². The molecule has 1 N–H and O–H groups in total. The highest BCUT2D eigenvalue weighted by molar-refractivity contribution is 5.74. The SMILES string of the molecule is CCC(Oc1ccc(C(C)(C)C)cc1)C(C)(C)C(=O)O. The van der Waals surface area contributed by atoms with E-state index in [0.29, 0.717) is 6.42 Å². The molecule has 0 spiro atoms. The van der Waals surface area contributed by atoms with Crippen LogP contribution in [0.4, 0.5) is 0 Å². The number of carboxylic acids is 1. The average molecular weight is 278 g/mol. The number of hydrogen-bond donors (Lipinski definition) is 1. The Morgan fingerprint density at radius 3 is 2.00 bits per heavy atom. The van der Waals surface area contributed by atoms with Crippen molar-refractivity contribution in [2.45, 2.75) is 59.5 Å². The second-order valence-corrected chi connectivity index (χ2v) is 6.82. The van der Waals surface area contributed by atoms with E-state index in [9.17, 15) is 9.90 Å². The van der Waals surface area contributed by atoms with E-state index in [-0.39, 0.29) is 11.5 Å². The van der Waals surface area contributed by atoms with Gasteiger partial charge in [-0.2, -0.15) is 0 Å². The summed E-state index contributed by atoms with van der Waals surface area (Å²) >= 11 is 0. The quantitative estimate of drug-likeness (QED) is 0.875. The van der Waals surface area contributed by atoms with Crippen LogP contribution in [0.5, 0.6) is 5.75 Å². The summed E-state index contributed by atoms with van der Waals surface area (Å²) in [5.74, 6) is -0.116. The zero-order valence-corrected chi connectivity index (χ0v) is 13.4. The standard InChI is InChI=1S/C17H26O3/c1-7-14(17(5,6)15(18)19)20-13-10-8-12(9-11-13)16(2,3)4/h8-11,14H,7H2,1-6H3,(H,18,19). The van der Waals surface area contributed by atoms with E-state index in [1.807, 2.05) is 31.2 Å². The molecule has 20 heavy (non-hydrogen) atoms. The van der Waals surface area contributed by atoms with E-state index in [0.717, 1.165) is 5.75 Å². The second-order valence-electron chi connectivity index (χ2n) is 6.82. The monoisotopic (exact) mass is 278 g/mol. The predicted octanol–water partition coefficient (Wildman–Crippen LogP) is 4.25. The molecule has 1 rings (SSSR count). The molecule has 1 unspecified atom stereocenters. The van der Waals surface area contributed by atoms with Gasteiger partial charge in [0.1, 0.15) is 11.9 Å². The lowest BCUT2D eigenvalue weighted by Crippen LogP contribution is -2.40. The molecule has 0 bridgehead atoms. The van der Waals surface area contributed by atoms with Crippen molar-refractivity contribution in [2.24, 2.45) is 5.41 Å². The van der Waals surface area contributed by atoms with Crippen LogP contribution in [0.3, 0.4) is 0 Å². The van der Waals surface area contributed by atoms with Crippen LogP contribution in [0.1, 0.15) is 53.5 Å². The molecule has 0 aromatic heterocycles. The molecular weight excluding hydrogens is 252 g/mol. The van der Waals surface area contributed by atoms with E-state index < -0.39 is 11.4 Å². The zero-order valence-electron chi connectivity index (χ0n) is 13.4.